The van der Waals surface area contributed by atoms with E-state index in [2.05, 4.69) is 16.0 Å². The first-order valence-electron chi connectivity index (χ1n) is 9.64. The van der Waals surface area contributed by atoms with Crippen molar-refractivity contribution in [2.75, 3.05) is 12.4 Å². The summed E-state index contributed by atoms with van der Waals surface area (Å²) in [4.78, 5) is 36.7. The van der Waals surface area contributed by atoms with Crippen LogP contribution in [0, 0.1) is 17.2 Å². The van der Waals surface area contributed by atoms with E-state index < -0.39 is 11.2 Å². The van der Waals surface area contributed by atoms with E-state index in [1.165, 1.54) is 6.07 Å². The Kier molecular flexibility index (Phi) is 6.54. The van der Waals surface area contributed by atoms with Crippen LogP contribution >= 0.6 is 11.6 Å². The Hall–Kier alpha value is -2.15. The smallest absolute Gasteiger partial charge is 0.236 e. The maximum atomic E-state index is 14.4. The Bertz CT molecular complexity index is 767. The molecule has 28 heavy (non-hydrogen) atoms. The molecule has 1 saturated heterocycles. The highest BCUT2D eigenvalue weighted by atomic mass is 35.5. The van der Waals surface area contributed by atoms with Gasteiger partial charge < -0.3 is 16.0 Å². The van der Waals surface area contributed by atoms with Gasteiger partial charge >= 0.3 is 0 Å². The van der Waals surface area contributed by atoms with E-state index in [1.807, 2.05) is 0 Å². The number of hydrogen-bond acceptors (Lipinski definition) is 3. The summed E-state index contributed by atoms with van der Waals surface area (Å²) in [6, 6.07) is 4.59. The molecule has 0 aromatic heterocycles. The summed E-state index contributed by atoms with van der Waals surface area (Å²) in [5, 5.41) is 8.15. The van der Waals surface area contributed by atoms with E-state index in [4.69, 9.17) is 11.6 Å². The van der Waals surface area contributed by atoms with Crippen LogP contribution < -0.4 is 16.0 Å². The number of amides is 3. The van der Waals surface area contributed by atoms with Gasteiger partial charge in [-0.05, 0) is 36.8 Å². The fourth-order valence-electron chi connectivity index (χ4n) is 4.28. The number of halogens is 2. The molecule has 1 aliphatic heterocycles. The van der Waals surface area contributed by atoms with E-state index in [0.717, 1.165) is 25.7 Å². The van der Waals surface area contributed by atoms with Crippen molar-refractivity contribution < 1.29 is 18.8 Å². The number of carbonyl (C=O) groups is 3. The second kappa shape index (κ2) is 8.90. The van der Waals surface area contributed by atoms with Gasteiger partial charge in [0.1, 0.15) is 17.1 Å². The third-order valence-corrected chi connectivity index (χ3v) is 6.08. The SMILES string of the molecule is O=C(CCl)NCc1ccc(CNC(=O)C2(C3CCCC3)CCNC2=O)c(F)c1. The molecule has 6 nitrogen and oxygen atoms in total. The van der Waals surface area contributed by atoms with Crippen molar-refractivity contribution in [3.63, 3.8) is 0 Å². The van der Waals surface area contributed by atoms with Crippen LogP contribution in [0.25, 0.3) is 0 Å². The monoisotopic (exact) mass is 409 g/mol. The molecule has 3 amide bonds. The first-order chi connectivity index (χ1) is 13.5. The van der Waals surface area contributed by atoms with Crippen LogP contribution in [0.4, 0.5) is 4.39 Å². The van der Waals surface area contributed by atoms with Crippen LogP contribution in [0.5, 0.6) is 0 Å². The van der Waals surface area contributed by atoms with Crippen molar-refractivity contribution >= 4 is 29.3 Å². The van der Waals surface area contributed by atoms with Crippen molar-refractivity contribution in [2.45, 2.75) is 45.2 Å². The Morgan fingerprint density at radius 3 is 2.57 bits per heavy atom. The molecule has 1 aromatic carbocycles. The third kappa shape index (κ3) is 4.14. The zero-order chi connectivity index (χ0) is 20.1. The average molecular weight is 410 g/mol. The molecular formula is C20H25ClFN3O3. The van der Waals surface area contributed by atoms with E-state index >= 15 is 0 Å². The van der Waals surface area contributed by atoms with Gasteiger partial charge in [0.05, 0.1) is 0 Å². The summed E-state index contributed by atoms with van der Waals surface area (Å²) < 4.78 is 14.4. The van der Waals surface area contributed by atoms with Crippen molar-refractivity contribution in [3.05, 3.63) is 35.1 Å². The van der Waals surface area contributed by atoms with Gasteiger partial charge in [-0.3, -0.25) is 14.4 Å². The van der Waals surface area contributed by atoms with E-state index in [-0.39, 0.29) is 42.6 Å². The second-order valence-corrected chi connectivity index (χ2v) is 7.74. The average Bonchev–Trinajstić information content (AvgIpc) is 3.35. The molecule has 2 aliphatic rings. The van der Waals surface area contributed by atoms with E-state index in [0.29, 0.717) is 24.1 Å². The summed E-state index contributed by atoms with van der Waals surface area (Å²) in [5.74, 6) is -1.42. The van der Waals surface area contributed by atoms with Crippen molar-refractivity contribution in [1.29, 1.82) is 0 Å². The summed E-state index contributed by atoms with van der Waals surface area (Å²) in [5.41, 5.74) is -0.0944. The third-order valence-electron chi connectivity index (χ3n) is 5.84. The highest BCUT2D eigenvalue weighted by Crippen LogP contribution is 2.44. The van der Waals surface area contributed by atoms with Gasteiger partial charge in [0, 0.05) is 25.2 Å². The van der Waals surface area contributed by atoms with Crippen LogP contribution in [-0.4, -0.2) is 30.1 Å². The van der Waals surface area contributed by atoms with Gasteiger partial charge in [-0.25, -0.2) is 4.39 Å². The molecule has 1 atom stereocenters. The van der Waals surface area contributed by atoms with Gasteiger partial charge in [0.2, 0.25) is 17.7 Å². The molecule has 2 fully saturated rings. The topological polar surface area (TPSA) is 87.3 Å². The number of benzene rings is 1. The van der Waals surface area contributed by atoms with Gasteiger partial charge in [-0.2, -0.15) is 0 Å². The number of carbonyl (C=O) groups excluding carboxylic acids is 3. The Morgan fingerprint density at radius 2 is 1.96 bits per heavy atom. The summed E-state index contributed by atoms with van der Waals surface area (Å²) >= 11 is 5.41. The van der Waals surface area contributed by atoms with Crippen molar-refractivity contribution in [1.82, 2.24) is 16.0 Å². The maximum Gasteiger partial charge on any atom is 0.236 e. The molecule has 3 N–H and O–H groups in total. The predicted octanol–water partition coefficient (Wildman–Crippen LogP) is 1.99. The largest absolute Gasteiger partial charge is 0.355 e. The van der Waals surface area contributed by atoms with Gasteiger partial charge in [-0.1, -0.05) is 25.0 Å². The molecular weight excluding hydrogens is 385 g/mol. The minimum atomic E-state index is -1.03. The molecule has 1 saturated carbocycles. The summed E-state index contributed by atoms with van der Waals surface area (Å²) in [7, 11) is 0. The molecule has 0 bridgehead atoms. The summed E-state index contributed by atoms with van der Waals surface area (Å²) in [6.45, 7) is 0.695. The standard InChI is InChI=1S/C20H25ClFN3O3/c21-10-17(26)24-11-13-5-6-14(16(22)9-13)12-25-19(28)20(7-8-23-18(20)27)15-3-1-2-4-15/h5-6,9,15H,1-4,7-8,10-12H2,(H,23,27)(H,24,26)(H,25,28). The van der Waals surface area contributed by atoms with Gasteiger partial charge in [0.25, 0.3) is 0 Å². The lowest BCUT2D eigenvalue weighted by atomic mass is 9.72. The summed E-state index contributed by atoms with van der Waals surface area (Å²) in [6.07, 6.45) is 4.30. The van der Waals surface area contributed by atoms with Crippen LogP contribution in [-0.2, 0) is 27.5 Å². The molecule has 8 heteroatoms. The number of alkyl halides is 1. The molecule has 0 radical (unpaired) electrons. The highest BCUT2D eigenvalue weighted by molar-refractivity contribution is 6.27. The second-order valence-electron chi connectivity index (χ2n) is 7.48. The zero-order valence-electron chi connectivity index (χ0n) is 15.7. The lowest BCUT2D eigenvalue weighted by Gasteiger charge is -2.31. The lowest BCUT2D eigenvalue weighted by molar-refractivity contribution is -0.144. The Morgan fingerprint density at radius 1 is 1.21 bits per heavy atom. The van der Waals surface area contributed by atoms with Crippen molar-refractivity contribution in [3.8, 4) is 0 Å². The molecule has 1 heterocycles. The Balaban J connectivity index is 1.65. The van der Waals surface area contributed by atoms with Gasteiger partial charge in [-0.15, -0.1) is 11.6 Å². The normalized spacial score (nSPS) is 22.1. The number of nitrogens with one attached hydrogen (secondary N) is 3. The molecule has 1 unspecified atom stereocenters. The zero-order valence-corrected chi connectivity index (χ0v) is 16.4. The maximum absolute atomic E-state index is 14.4. The minimum Gasteiger partial charge on any atom is -0.355 e. The van der Waals surface area contributed by atoms with E-state index in [9.17, 15) is 18.8 Å². The fourth-order valence-corrected chi connectivity index (χ4v) is 4.37. The molecule has 1 aromatic rings. The molecule has 3 rings (SSSR count). The number of rotatable bonds is 7. The minimum absolute atomic E-state index is 0.0146. The van der Waals surface area contributed by atoms with Crippen LogP contribution in [0.2, 0.25) is 0 Å². The fraction of sp³-hybridized carbons (Fsp3) is 0.550. The van der Waals surface area contributed by atoms with Crippen molar-refractivity contribution in [2.24, 2.45) is 11.3 Å². The quantitative estimate of drug-likeness (QED) is 0.475. The molecule has 0 spiro atoms. The first kappa shape index (κ1) is 20.6. The number of hydrogen-bond donors (Lipinski definition) is 3. The van der Waals surface area contributed by atoms with Crippen LogP contribution in [0.3, 0.4) is 0 Å². The lowest BCUT2D eigenvalue weighted by Crippen LogP contribution is -2.50. The molecule has 152 valence electrons. The first-order valence-corrected chi connectivity index (χ1v) is 10.2. The van der Waals surface area contributed by atoms with Crippen LogP contribution in [0.15, 0.2) is 18.2 Å². The van der Waals surface area contributed by atoms with Gasteiger partial charge in [0.15, 0.2) is 0 Å². The molecule has 1 aliphatic carbocycles. The van der Waals surface area contributed by atoms with Crippen LogP contribution in [0.1, 0.15) is 43.2 Å². The highest BCUT2D eigenvalue weighted by Gasteiger charge is 2.54. The Labute approximate surface area is 168 Å². The predicted molar refractivity (Wildman–Crippen MR) is 103 cm³/mol. The van der Waals surface area contributed by atoms with E-state index in [1.54, 1.807) is 12.1 Å².